The van der Waals surface area contributed by atoms with Gasteiger partial charge < -0.3 is 19.8 Å². The van der Waals surface area contributed by atoms with Crippen molar-refractivity contribution in [2.24, 2.45) is 0 Å². The van der Waals surface area contributed by atoms with Crippen molar-refractivity contribution in [2.75, 3.05) is 40.9 Å². The lowest BCUT2D eigenvalue weighted by Gasteiger charge is -2.25. The number of aliphatic hydroxyl groups excluding tert-OH is 1. The van der Waals surface area contributed by atoms with Gasteiger partial charge in [-0.2, -0.15) is 0 Å². The summed E-state index contributed by atoms with van der Waals surface area (Å²) in [6.45, 7) is 4.89. The molecule has 3 unspecified atom stereocenters. The number of carbonyl (C=O) groups is 1. The van der Waals surface area contributed by atoms with Crippen molar-refractivity contribution < 1.29 is 32.9 Å². The van der Waals surface area contributed by atoms with Crippen LogP contribution in [0.2, 0.25) is 0 Å². The van der Waals surface area contributed by atoms with E-state index in [9.17, 15) is 19.4 Å². The molecule has 85 heavy (non-hydrogen) atoms. The van der Waals surface area contributed by atoms with Gasteiger partial charge in [-0.1, -0.05) is 378 Å². The fraction of sp³-hybridized carbons (Fsp3) is 0.934. The zero-order chi connectivity index (χ0) is 61.9. The molecule has 0 rings (SSSR count). The quantitative estimate of drug-likeness (QED) is 0.0243. The van der Waals surface area contributed by atoms with Gasteiger partial charge in [0.1, 0.15) is 13.2 Å². The van der Waals surface area contributed by atoms with Gasteiger partial charge in [0.15, 0.2) is 0 Å². The molecule has 0 radical (unpaired) electrons. The molecule has 506 valence electrons. The fourth-order valence-electron chi connectivity index (χ4n) is 12.0. The molecule has 1 amide bonds. The Bertz CT molecular complexity index is 1430. The van der Waals surface area contributed by atoms with Crippen LogP contribution in [0.15, 0.2) is 24.3 Å². The summed E-state index contributed by atoms with van der Waals surface area (Å²) in [5.41, 5.74) is 0. The molecule has 0 aliphatic rings. The molecule has 0 aromatic carbocycles. The van der Waals surface area contributed by atoms with Gasteiger partial charge >= 0.3 is 7.82 Å². The summed E-state index contributed by atoms with van der Waals surface area (Å²) in [4.78, 5) is 23.5. The van der Waals surface area contributed by atoms with Gasteiger partial charge in [0.25, 0.3) is 0 Å². The smallest absolute Gasteiger partial charge is 0.387 e. The third-order valence-electron chi connectivity index (χ3n) is 17.9. The minimum atomic E-state index is -4.35. The molecule has 0 bridgehead atoms. The number of nitrogens with one attached hydrogen (secondary N) is 1. The maximum Gasteiger partial charge on any atom is 0.472 e. The van der Waals surface area contributed by atoms with E-state index < -0.39 is 20.0 Å². The first kappa shape index (κ1) is 84.0. The van der Waals surface area contributed by atoms with Crippen molar-refractivity contribution in [2.45, 2.75) is 418 Å². The fourth-order valence-corrected chi connectivity index (χ4v) is 12.7. The van der Waals surface area contributed by atoms with Crippen molar-refractivity contribution in [1.82, 2.24) is 5.32 Å². The molecule has 0 fully saturated rings. The highest BCUT2D eigenvalue weighted by Crippen LogP contribution is 2.43. The Morgan fingerprint density at radius 2 is 0.635 bits per heavy atom. The minimum Gasteiger partial charge on any atom is -0.387 e. The van der Waals surface area contributed by atoms with Crippen molar-refractivity contribution in [3.8, 4) is 0 Å². The number of aliphatic hydroxyl groups is 1. The first-order chi connectivity index (χ1) is 41.5. The third kappa shape index (κ3) is 70.3. The third-order valence-corrected chi connectivity index (χ3v) is 18.9. The average Bonchev–Trinajstić information content (AvgIpc) is 3.49. The van der Waals surface area contributed by atoms with Gasteiger partial charge in [-0.05, 0) is 44.9 Å². The van der Waals surface area contributed by atoms with E-state index in [1.165, 1.54) is 353 Å². The molecule has 0 saturated carbocycles. The topological polar surface area (TPSA) is 105 Å². The molecule has 0 aromatic rings. The monoisotopic (exact) mass is 1220 g/mol. The average molecular weight is 1220 g/mol. The number of rotatable bonds is 72. The van der Waals surface area contributed by atoms with E-state index >= 15 is 0 Å². The predicted octanol–water partition coefficient (Wildman–Crippen LogP) is 24.6. The Morgan fingerprint density at radius 1 is 0.388 bits per heavy atom. The highest BCUT2D eigenvalue weighted by molar-refractivity contribution is 7.47. The largest absolute Gasteiger partial charge is 0.472 e. The number of likely N-dealkylation sites (N-methyl/N-ethyl adjacent to an activating group) is 1. The normalized spacial score (nSPS) is 13.6. The van der Waals surface area contributed by atoms with Crippen LogP contribution in [0.25, 0.3) is 0 Å². The lowest BCUT2D eigenvalue weighted by molar-refractivity contribution is -0.870. The van der Waals surface area contributed by atoms with Gasteiger partial charge in [0, 0.05) is 6.42 Å². The van der Waals surface area contributed by atoms with Gasteiger partial charge in [0.05, 0.1) is 39.9 Å². The highest BCUT2D eigenvalue weighted by atomic mass is 31.2. The van der Waals surface area contributed by atoms with E-state index in [2.05, 4.69) is 31.3 Å². The summed E-state index contributed by atoms with van der Waals surface area (Å²) in [5, 5.41) is 14.0. The molecule has 3 atom stereocenters. The van der Waals surface area contributed by atoms with E-state index in [1.807, 2.05) is 27.2 Å². The summed E-state index contributed by atoms with van der Waals surface area (Å²) in [7, 11) is 1.59. The van der Waals surface area contributed by atoms with Crippen LogP contribution in [0, 0.1) is 0 Å². The molecular weight excluding hydrogens is 1070 g/mol. The molecule has 0 saturated heterocycles. The zero-order valence-corrected chi connectivity index (χ0v) is 59.0. The first-order valence-corrected chi connectivity index (χ1v) is 39.7. The number of quaternary nitrogens is 1. The number of amides is 1. The lowest BCUT2D eigenvalue weighted by Crippen LogP contribution is -2.45. The standard InChI is InChI=1S/C76H151N2O6P/c1-6-8-10-12-14-16-18-20-22-24-26-28-30-32-33-34-35-36-37-38-39-40-41-42-43-44-45-46-48-50-52-54-56-58-60-62-64-66-68-70-76(80)77-74(73-84-85(81,82)83-72-71-78(3,4)5)75(79)69-67-65-63-61-59-57-55-53-51-49-47-31-29-27-25-23-21-19-17-15-13-11-9-7-2/h38-39,67,69,74-75,79H,6-37,40-66,68,70-73H2,1-5H3,(H-,77,80,81,82)/p+1/b39-38-,69-67+. The minimum absolute atomic E-state index is 0.0643. The number of allylic oxidation sites excluding steroid dienone is 3. The van der Waals surface area contributed by atoms with Crippen LogP contribution < -0.4 is 5.32 Å². The Labute approximate surface area is 532 Å². The van der Waals surface area contributed by atoms with E-state index in [4.69, 9.17) is 9.05 Å². The highest BCUT2D eigenvalue weighted by Gasteiger charge is 2.28. The van der Waals surface area contributed by atoms with Crippen molar-refractivity contribution in [3.05, 3.63) is 24.3 Å². The number of unbranched alkanes of at least 4 members (excludes halogenated alkanes) is 57. The van der Waals surface area contributed by atoms with Crippen LogP contribution in [-0.2, 0) is 18.4 Å². The summed E-state index contributed by atoms with van der Waals surface area (Å²) in [6, 6.07) is -0.846. The second-order valence-electron chi connectivity index (χ2n) is 27.7. The molecule has 8 nitrogen and oxygen atoms in total. The molecule has 0 spiro atoms. The summed E-state index contributed by atoms with van der Waals surface area (Å²) >= 11 is 0. The van der Waals surface area contributed by atoms with Gasteiger partial charge in [-0.3, -0.25) is 13.8 Å². The predicted molar refractivity (Wildman–Crippen MR) is 374 cm³/mol. The summed E-state index contributed by atoms with van der Waals surface area (Å²) < 4.78 is 23.9. The van der Waals surface area contributed by atoms with Crippen molar-refractivity contribution in [1.29, 1.82) is 0 Å². The van der Waals surface area contributed by atoms with Crippen LogP contribution in [0.1, 0.15) is 406 Å². The Morgan fingerprint density at radius 3 is 0.906 bits per heavy atom. The molecule has 0 aliphatic carbocycles. The molecular formula is C76H152N2O6P+. The molecule has 0 heterocycles. The Kier molecular flexibility index (Phi) is 66.6. The van der Waals surface area contributed by atoms with Gasteiger partial charge in [-0.15, -0.1) is 0 Å². The first-order valence-electron chi connectivity index (χ1n) is 38.2. The molecule has 3 N–H and O–H groups in total. The number of hydrogen-bond donors (Lipinski definition) is 3. The van der Waals surface area contributed by atoms with Gasteiger partial charge in [-0.25, -0.2) is 4.57 Å². The van der Waals surface area contributed by atoms with Crippen LogP contribution in [0.3, 0.4) is 0 Å². The Balaban J connectivity index is 3.93. The number of hydrogen-bond acceptors (Lipinski definition) is 5. The van der Waals surface area contributed by atoms with E-state index in [0.29, 0.717) is 17.4 Å². The second kappa shape index (κ2) is 67.4. The van der Waals surface area contributed by atoms with Crippen molar-refractivity contribution >= 4 is 13.7 Å². The van der Waals surface area contributed by atoms with Crippen LogP contribution >= 0.6 is 7.82 Å². The maximum absolute atomic E-state index is 13.1. The Hall–Kier alpha value is -1.02. The van der Waals surface area contributed by atoms with Crippen LogP contribution in [0.5, 0.6) is 0 Å². The summed E-state index contributed by atoms with van der Waals surface area (Å²) in [5.74, 6) is -0.168. The van der Waals surface area contributed by atoms with Crippen LogP contribution in [0.4, 0.5) is 0 Å². The van der Waals surface area contributed by atoms with E-state index in [0.717, 1.165) is 32.1 Å². The number of phosphoric ester groups is 1. The molecule has 0 aromatic heterocycles. The zero-order valence-electron chi connectivity index (χ0n) is 58.1. The molecule has 0 aliphatic heterocycles. The van der Waals surface area contributed by atoms with E-state index in [-0.39, 0.29) is 19.1 Å². The SMILES string of the molecule is CCCCCCCCCCCCCCCCCCCC/C=C\CCCCCCCCCCCCCCCCCCCC(=O)NC(COP(=O)(O)OCC[N+](C)(C)C)C(O)/C=C/CCCCCCCCCCCCCCCCCCCCCCCC. The lowest BCUT2D eigenvalue weighted by atomic mass is 10.0. The molecule has 9 heteroatoms. The number of nitrogens with zero attached hydrogens (tertiary/aromatic N) is 1. The maximum atomic E-state index is 13.1. The number of phosphoric acid groups is 1. The number of carbonyl (C=O) groups excluding carboxylic acids is 1. The van der Waals surface area contributed by atoms with Gasteiger partial charge in [0.2, 0.25) is 5.91 Å². The second-order valence-corrected chi connectivity index (χ2v) is 29.2. The van der Waals surface area contributed by atoms with Crippen LogP contribution in [-0.4, -0.2) is 73.4 Å². The van der Waals surface area contributed by atoms with Crippen molar-refractivity contribution in [3.63, 3.8) is 0 Å². The summed E-state index contributed by atoms with van der Waals surface area (Å²) in [6.07, 6.45) is 89.3. The van der Waals surface area contributed by atoms with E-state index in [1.54, 1.807) is 6.08 Å².